The van der Waals surface area contributed by atoms with Crippen LogP contribution in [0.5, 0.6) is 0 Å². The average Bonchev–Trinajstić information content (AvgIpc) is 2.83. The average molecular weight is 376 g/mol. The Bertz CT molecular complexity index is 474. The molecule has 1 N–H and O–H groups in total. The lowest BCUT2D eigenvalue weighted by molar-refractivity contribution is 0.108. The van der Waals surface area contributed by atoms with Crippen LogP contribution in [0.15, 0.2) is 24.8 Å². The summed E-state index contributed by atoms with van der Waals surface area (Å²) in [5.41, 5.74) is -1.07. The third-order valence-electron chi connectivity index (χ3n) is 4.62. The molecule has 1 unspecified atom stereocenters. The number of amides is 1. The van der Waals surface area contributed by atoms with E-state index in [9.17, 15) is 9.90 Å². The summed E-state index contributed by atoms with van der Waals surface area (Å²) in [5.74, 6) is 0. The van der Waals surface area contributed by atoms with Gasteiger partial charge in [-0.1, -0.05) is 51.1 Å². The molecule has 1 amide bonds. The molecule has 1 saturated heterocycles. The molecule has 1 aliphatic heterocycles. The number of hydrogen-bond donors (Lipinski definition) is 1. The molecule has 3 atom stereocenters. The second-order valence-electron chi connectivity index (χ2n) is 7.58. The van der Waals surface area contributed by atoms with Crippen molar-refractivity contribution in [1.82, 2.24) is 4.90 Å². The van der Waals surface area contributed by atoms with Crippen LogP contribution in [0.4, 0.5) is 4.79 Å². The number of alkyl halides is 1. The minimum Gasteiger partial charge on any atom is -0.445 e. The highest BCUT2D eigenvalue weighted by molar-refractivity contribution is 6.74. The fourth-order valence-corrected chi connectivity index (χ4v) is 3.77. The summed E-state index contributed by atoms with van der Waals surface area (Å²) in [7, 11) is -1.93. The topological polar surface area (TPSA) is 59.0 Å². The van der Waals surface area contributed by atoms with Crippen LogP contribution in [0, 0.1) is 0 Å². The maximum Gasteiger partial charge on any atom is 0.410 e. The van der Waals surface area contributed by atoms with Crippen LogP contribution in [0.25, 0.3) is 0 Å². The van der Waals surface area contributed by atoms with Crippen molar-refractivity contribution in [2.24, 2.45) is 0 Å². The second kappa shape index (κ2) is 8.51. The van der Waals surface area contributed by atoms with Crippen molar-refractivity contribution in [3.8, 4) is 0 Å². The van der Waals surface area contributed by atoms with Crippen LogP contribution in [-0.4, -0.2) is 55.3 Å². The van der Waals surface area contributed by atoms with Gasteiger partial charge in [0, 0.05) is 6.54 Å². The standard InChI is InChI=1S/C17H30ClNO4Si/c1-7-10-22-16(21)19-12-14(11-13(19)8-9-15(18)20)23-24(5,6)17(2,3)4/h7-9,13-15,20H,1,10-12H2,2-6H3/t13-,14-,15?/m1/s1. The van der Waals surface area contributed by atoms with Crippen molar-refractivity contribution in [3.05, 3.63) is 24.8 Å². The zero-order chi connectivity index (χ0) is 18.5. The SMILES string of the molecule is C=CCOC(=O)N1C[C@H](O[Si](C)(C)C(C)(C)C)C[C@H]1C=CC(O)Cl. The van der Waals surface area contributed by atoms with Crippen LogP contribution < -0.4 is 0 Å². The third kappa shape index (κ3) is 5.92. The minimum absolute atomic E-state index is 0.0516. The molecule has 0 aliphatic carbocycles. The van der Waals surface area contributed by atoms with Crippen molar-refractivity contribution in [2.45, 2.75) is 63.0 Å². The van der Waals surface area contributed by atoms with E-state index in [0.717, 1.165) is 0 Å². The number of nitrogens with zero attached hydrogens (tertiary/aromatic N) is 1. The number of aliphatic hydroxyl groups excluding tert-OH is 1. The number of halogens is 1. The van der Waals surface area contributed by atoms with Gasteiger partial charge >= 0.3 is 6.09 Å². The lowest BCUT2D eigenvalue weighted by atomic mass is 10.2. The van der Waals surface area contributed by atoms with Gasteiger partial charge in [-0.2, -0.15) is 0 Å². The summed E-state index contributed by atoms with van der Waals surface area (Å²) in [6.45, 7) is 15.1. The summed E-state index contributed by atoms with van der Waals surface area (Å²) in [6.07, 6.45) is 4.94. The maximum absolute atomic E-state index is 12.2. The Kier molecular flexibility index (Phi) is 7.53. The van der Waals surface area contributed by atoms with E-state index in [2.05, 4.69) is 40.4 Å². The predicted molar refractivity (Wildman–Crippen MR) is 99.7 cm³/mol. The summed E-state index contributed by atoms with van der Waals surface area (Å²) >= 11 is 5.57. The van der Waals surface area contributed by atoms with E-state index >= 15 is 0 Å². The number of rotatable bonds is 6. The molecule has 0 aromatic rings. The molecule has 0 spiro atoms. The van der Waals surface area contributed by atoms with Gasteiger partial charge in [0.2, 0.25) is 0 Å². The Balaban J connectivity index is 2.85. The lowest BCUT2D eigenvalue weighted by Crippen LogP contribution is -2.44. The molecule has 0 aromatic heterocycles. The van der Waals surface area contributed by atoms with E-state index < -0.39 is 20.0 Å². The summed E-state index contributed by atoms with van der Waals surface area (Å²) in [5, 5.41) is 9.34. The molecular formula is C17H30ClNO4Si. The van der Waals surface area contributed by atoms with Gasteiger partial charge in [0.05, 0.1) is 12.1 Å². The van der Waals surface area contributed by atoms with Crippen molar-refractivity contribution in [2.75, 3.05) is 13.2 Å². The van der Waals surface area contributed by atoms with Gasteiger partial charge < -0.3 is 14.3 Å². The molecule has 24 heavy (non-hydrogen) atoms. The Hall–Kier alpha value is -0.823. The van der Waals surface area contributed by atoms with Gasteiger partial charge in [-0.25, -0.2) is 4.79 Å². The fraction of sp³-hybridized carbons (Fsp3) is 0.706. The molecular weight excluding hydrogens is 346 g/mol. The molecule has 0 bridgehead atoms. The third-order valence-corrected chi connectivity index (χ3v) is 9.30. The lowest BCUT2D eigenvalue weighted by Gasteiger charge is -2.38. The van der Waals surface area contributed by atoms with Gasteiger partial charge in [-0.05, 0) is 30.6 Å². The molecule has 7 heteroatoms. The van der Waals surface area contributed by atoms with Crippen LogP contribution in [0.1, 0.15) is 27.2 Å². The smallest absolute Gasteiger partial charge is 0.410 e. The molecule has 0 aromatic carbocycles. The second-order valence-corrected chi connectivity index (χ2v) is 12.8. The van der Waals surface area contributed by atoms with Crippen molar-refractivity contribution in [1.29, 1.82) is 0 Å². The van der Waals surface area contributed by atoms with E-state index in [1.807, 2.05) is 0 Å². The molecule has 0 saturated carbocycles. The first-order chi connectivity index (χ1) is 11.0. The van der Waals surface area contributed by atoms with Crippen molar-refractivity contribution >= 4 is 26.0 Å². The predicted octanol–water partition coefficient (Wildman–Crippen LogP) is 3.89. The maximum atomic E-state index is 12.2. The Labute approximate surface area is 151 Å². The normalized spacial score (nSPS) is 23.5. The number of ether oxygens (including phenoxy) is 1. The van der Waals surface area contributed by atoms with E-state index in [1.165, 1.54) is 12.2 Å². The van der Waals surface area contributed by atoms with Crippen LogP contribution in [0.2, 0.25) is 18.1 Å². The summed E-state index contributed by atoms with van der Waals surface area (Å²) in [4.78, 5) is 13.9. The highest BCUT2D eigenvalue weighted by atomic mass is 35.5. The number of carbonyl (C=O) groups is 1. The summed E-state index contributed by atoms with van der Waals surface area (Å²) in [6, 6.07) is -0.203. The largest absolute Gasteiger partial charge is 0.445 e. The zero-order valence-corrected chi connectivity index (χ0v) is 17.0. The molecule has 5 nitrogen and oxygen atoms in total. The van der Waals surface area contributed by atoms with Gasteiger partial charge in [0.1, 0.15) is 12.2 Å². The number of hydrogen-bond acceptors (Lipinski definition) is 4. The molecule has 1 aliphatic rings. The van der Waals surface area contributed by atoms with Gasteiger partial charge in [-0.15, -0.1) is 0 Å². The van der Waals surface area contributed by atoms with Crippen LogP contribution >= 0.6 is 11.6 Å². The van der Waals surface area contributed by atoms with Gasteiger partial charge in [-0.3, -0.25) is 4.90 Å². The Morgan fingerprint density at radius 1 is 1.50 bits per heavy atom. The van der Waals surface area contributed by atoms with Gasteiger partial charge in [0.25, 0.3) is 0 Å². The highest BCUT2D eigenvalue weighted by Crippen LogP contribution is 2.39. The van der Waals surface area contributed by atoms with E-state index in [4.69, 9.17) is 20.8 Å². The highest BCUT2D eigenvalue weighted by Gasteiger charge is 2.43. The number of carbonyl (C=O) groups excluding carboxylic acids is 1. The first-order valence-corrected chi connectivity index (χ1v) is 11.5. The Morgan fingerprint density at radius 3 is 2.62 bits per heavy atom. The summed E-state index contributed by atoms with van der Waals surface area (Å²) < 4.78 is 11.6. The molecule has 1 rings (SSSR count). The first-order valence-electron chi connectivity index (χ1n) is 8.20. The van der Waals surface area contributed by atoms with E-state index in [-0.39, 0.29) is 23.8 Å². The van der Waals surface area contributed by atoms with Crippen molar-refractivity contribution in [3.63, 3.8) is 0 Å². The minimum atomic E-state index is -1.93. The zero-order valence-electron chi connectivity index (χ0n) is 15.3. The van der Waals surface area contributed by atoms with Gasteiger partial charge in [0.15, 0.2) is 8.32 Å². The number of aliphatic hydroxyl groups is 1. The van der Waals surface area contributed by atoms with E-state index in [1.54, 1.807) is 11.0 Å². The monoisotopic (exact) mass is 375 g/mol. The molecule has 138 valence electrons. The van der Waals surface area contributed by atoms with Crippen molar-refractivity contribution < 1.29 is 19.1 Å². The molecule has 1 heterocycles. The Morgan fingerprint density at radius 2 is 2.12 bits per heavy atom. The molecule has 1 fully saturated rings. The first kappa shape index (κ1) is 21.2. The number of likely N-dealkylation sites (tertiary alicyclic amines) is 1. The fourth-order valence-electron chi connectivity index (χ4n) is 2.33. The van der Waals surface area contributed by atoms with Crippen LogP contribution in [-0.2, 0) is 9.16 Å². The molecule has 0 radical (unpaired) electrons. The van der Waals surface area contributed by atoms with E-state index in [0.29, 0.717) is 13.0 Å². The quantitative estimate of drug-likeness (QED) is 0.434. The van der Waals surface area contributed by atoms with Crippen LogP contribution in [0.3, 0.4) is 0 Å².